The SMILES string of the molecule is CCc1c(C(=O)NC2CCN(Cc3ccc(F)c(F)c3)CC2)cnn1-c1ccccn1. The number of pyridine rings is 1. The van der Waals surface area contributed by atoms with Crippen molar-refractivity contribution in [2.24, 2.45) is 0 Å². The summed E-state index contributed by atoms with van der Waals surface area (Å²) in [5.74, 6) is -1.09. The number of rotatable bonds is 6. The third kappa shape index (κ3) is 4.80. The molecule has 0 radical (unpaired) electrons. The first-order valence-electron chi connectivity index (χ1n) is 10.5. The molecule has 1 aromatic carbocycles. The summed E-state index contributed by atoms with van der Waals surface area (Å²) in [4.78, 5) is 19.4. The van der Waals surface area contributed by atoms with Gasteiger partial charge in [0.25, 0.3) is 5.91 Å². The topological polar surface area (TPSA) is 63.1 Å². The van der Waals surface area contributed by atoms with Crippen LogP contribution in [0.5, 0.6) is 0 Å². The Morgan fingerprint density at radius 3 is 2.65 bits per heavy atom. The van der Waals surface area contributed by atoms with E-state index in [1.54, 1.807) is 23.1 Å². The summed E-state index contributed by atoms with van der Waals surface area (Å²) in [5.41, 5.74) is 2.14. The molecule has 0 aliphatic carbocycles. The number of benzene rings is 1. The number of nitrogens with zero attached hydrogens (tertiary/aromatic N) is 4. The molecule has 0 spiro atoms. The molecule has 3 aromatic rings. The molecular formula is C23H25F2N5O. The predicted molar refractivity (Wildman–Crippen MR) is 113 cm³/mol. The lowest BCUT2D eigenvalue weighted by Crippen LogP contribution is -2.44. The zero-order valence-electron chi connectivity index (χ0n) is 17.4. The molecule has 6 nitrogen and oxygen atoms in total. The van der Waals surface area contributed by atoms with E-state index in [-0.39, 0.29) is 11.9 Å². The highest BCUT2D eigenvalue weighted by atomic mass is 19.2. The fraction of sp³-hybridized carbons (Fsp3) is 0.348. The molecule has 162 valence electrons. The Balaban J connectivity index is 1.35. The molecule has 0 saturated carbocycles. The van der Waals surface area contributed by atoms with Crippen LogP contribution in [0.3, 0.4) is 0 Å². The third-order valence-electron chi connectivity index (χ3n) is 5.63. The van der Waals surface area contributed by atoms with E-state index in [0.29, 0.717) is 24.3 Å². The highest BCUT2D eigenvalue weighted by Crippen LogP contribution is 2.18. The summed E-state index contributed by atoms with van der Waals surface area (Å²) in [6.07, 6.45) is 5.55. The van der Waals surface area contributed by atoms with Gasteiger partial charge in [0.05, 0.1) is 17.5 Å². The van der Waals surface area contributed by atoms with Crippen molar-refractivity contribution in [2.75, 3.05) is 13.1 Å². The van der Waals surface area contributed by atoms with Crippen molar-refractivity contribution in [1.29, 1.82) is 0 Å². The maximum atomic E-state index is 13.4. The van der Waals surface area contributed by atoms with Crippen LogP contribution in [-0.2, 0) is 13.0 Å². The van der Waals surface area contributed by atoms with E-state index in [2.05, 4.69) is 20.3 Å². The van der Waals surface area contributed by atoms with Crippen molar-refractivity contribution in [3.8, 4) is 5.82 Å². The van der Waals surface area contributed by atoms with E-state index in [4.69, 9.17) is 0 Å². The normalized spacial score (nSPS) is 15.2. The molecule has 4 rings (SSSR count). The van der Waals surface area contributed by atoms with E-state index in [1.165, 1.54) is 6.07 Å². The second kappa shape index (κ2) is 9.34. The van der Waals surface area contributed by atoms with Crippen LogP contribution >= 0.6 is 0 Å². The first-order chi connectivity index (χ1) is 15.0. The Morgan fingerprint density at radius 2 is 1.97 bits per heavy atom. The number of aromatic nitrogens is 3. The van der Waals surface area contributed by atoms with Gasteiger partial charge in [0.15, 0.2) is 17.5 Å². The van der Waals surface area contributed by atoms with Gasteiger partial charge in [-0.2, -0.15) is 5.10 Å². The Kier molecular flexibility index (Phi) is 6.36. The van der Waals surface area contributed by atoms with Crippen LogP contribution in [0.2, 0.25) is 0 Å². The number of nitrogens with one attached hydrogen (secondary N) is 1. The minimum Gasteiger partial charge on any atom is -0.349 e. The minimum absolute atomic E-state index is 0.0663. The molecule has 1 N–H and O–H groups in total. The van der Waals surface area contributed by atoms with Crippen molar-refractivity contribution in [3.05, 3.63) is 77.2 Å². The second-order valence-corrected chi connectivity index (χ2v) is 7.73. The zero-order chi connectivity index (χ0) is 21.8. The van der Waals surface area contributed by atoms with Gasteiger partial charge < -0.3 is 5.32 Å². The zero-order valence-corrected chi connectivity index (χ0v) is 17.4. The molecular weight excluding hydrogens is 400 g/mol. The van der Waals surface area contributed by atoms with E-state index in [0.717, 1.165) is 43.3 Å². The number of hydrogen-bond donors (Lipinski definition) is 1. The van der Waals surface area contributed by atoms with Gasteiger partial charge in [0.1, 0.15) is 0 Å². The van der Waals surface area contributed by atoms with Crippen LogP contribution in [0.15, 0.2) is 48.8 Å². The maximum Gasteiger partial charge on any atom is 0.254 e. The summed E-state index contributed by atoms with van der Waals surface area (Å²) in [7, 11) is 0. The lowest BCUT2D eigenvalue weighted by atomic mass is 10.0. The van der Waals surface area contributed by atoms with Crippen molar-refractivity contribution in [2.45, 2.75) is 38.8 Å². The van der Waals surface area contributed by atoms with Crippen LogP contribution in [0.4, 0.5) is 8.78 Å². The average molecular weight is 425 g/mol. The largest absolute Gasteiger partial charge is 0.349 e. The number of likely N-dealkylation sites (tertiary alicyclic amines) is 1. The summed E-state index contributed by atoms with van der Waals surface area (Å²) in [6, 6.07) is 9.66. The quantitative estimate of drug-likeness (QED) is 0.657. The monoisotopic (exact) mass is 425 g/mol. The van der Waals surface area contributed by atoms with Crippen molar-refractivity contribution >= 4 is 5.91 Å². The molecule has 1 aliphatic heterocycles. The lowest BCUT2D eigenvalue weighted by Gasteiger charge is -2.32. The fourth-order valence-corrected chi connectivity index (χ4v) is 3.97. The van der Waals surface area contributed by atoms with Crippen LogP contribution in [0, 0.1) is 11.6 Å². The maximum absolute atomic E-state index is 13.4. The highest BCUT2D eigenvalue weighted by Gasteiger charge is 2.24. The van der Waals surface area contributed by atoms with Gasteiger partial charge in [-0.15, -0.1) is 0 Å². The number of carbonyl (C=O) groups is 1. The van der Waals surface area contributed by atoms with E-state index < -0.39 is 11.6 Å². The summed E-state index contributed by atoms with van der Waals surface area (Å²) < 4.78 is 28.2. The lowest BCUT2D eigenvalue weighted by molar-refractivity contribution is 0.0908. The van der Waals surface area contributed by atoms with Gasteiger partial charge in [-0.3, -0.25) is 9.69 Å². The van der Waals surface area contributed by atoms with Crippen molar-refractivity contribution < 1.29 is 13.6 Å². The Morgan fingerprint density at radius 1 is 1.16 bits per heavy atom. The number of piperidine rings is 1. The van der Waals surface area contributed by atoms with Crippen molar-refractivity contribution in [3.63, 3.8) is 0 Å². The summed E-state index contributed by atoms with van der Waals surface area (Å²) in [5, 5.41) is 7.50. The summed E-state index contributed by atoms with van der Waals surface area (Å²) >= 11 is 0. The highest BCUT2D eigenvalue weighted by molar-refractivity contribution is 5.95. The molecule has 31 heavy (non-hydrogen) atoms. The number of hydrogen-bond acceptors (Lipinski definition) is 4. The smallest absolute Gasteiger partial charge is 0.254 e. The minimum atomic E-state index is -0.831. The van der Waals surface area contributed by atoms with Crippen LogP contribution in [0.1, 0.15) is 41.4 Å². The molecule has 0 bridgehead atoms. The number of carbonyl (C=O) groups excluding carboxylic acids is 1. The molecule has 8 heteroatoms. The molecule has 0 unspecified atom stereocenters. The van der Waals surface area contributed by atoms with Gasteiger partial charge in [0.2, 0.25) is 0 Å². The molecule has 1 amide bonds. The average Bonchev–Trinajstić information content (AvgIpc) is 3.22. The van der Waals surface area contributed by atoms with Crippen molar-refractivity contribution in [1.82, 2.24) is 25.0 Å². The first-order valence-corrected chi connectivity index (χ1v) is 10.5. The molecule has 0 atom stereocenters. The van der Waals surface area contributed by atoms with Gasteiger partial charge in [-0.1, -0.05) is 19.1 Å². The summed E-state index contributed by atoms with van der Waals surface area (Å²) in [6.45, 7) is 4.11. The fourth-order valence-electron chi connectivity index (χ4n) is 3.97. The van der Waals surface area contributed by atoms with Gasteiger partial charge >= 0.3 is 0 Å². The Labute approximate surface area is 179 Å². The van der Waals surface area contributed by atoms with Gasteiger partial charge in [-0.25, -0.2) is 18.4 Å². The van der Waals surface area contributed by atoms with Crippen LogP contribution in [-0.4, -0.2) is 44.7 Å². The van der Waals surface area contributed by atoms with Crippen LogP contribution < -0.4 is 5.32 Å². The number of halogens is 2. The molecule has 1 fully saturated rings. The standard InChI is InChI=1S/C23H25F2N5O/c1-2-21-18(14-27-30(21)22-5-3-4-10-26-22)23(31)28-17-8-11-29(12-9-17)15-16-6-7-19(24)20(25)13-16/h3-7,10,13-14,17H,2,8-9,11-12,15H2,1H3,(H,28,31). The predicted octanol–water partition coefficient (Wildman–Crippen LogP) is 3.50. The number of amides is 1. The van der Waals surface area contributed by atoms with E-state index in [9.17, 15) is 13.6 Å². The molecule has 1 aliphatic rings. The molecule has 2 aromatic heterocycles. The Bertz CT molecular complexity index is 1050. The molecule has 1 saturated heterocycles. The second-order valence-electron chi connectivity index (χ2n) is 7.73. The van der Waals surface area contributed by atoms with E-state index in [1.807, 2.05) is 25.1 Å². The molecule has 3 heterocycles. The van der Waals surface area contributed by atoms with Gasteiger partial charge in [-0.05, 0) is 49.1 Å². The third-order valence-corrected chi connectivity index (χ3v) is 5.63. The van der Waals surface area contributed by atoms with Gasteiger partial charge in [0, 0.05) is 31.9 Å². The first kappa shape index (κ1) is 21.1. The van der Waals surface area contributed by atoms with Crippen LogP contribution in [0.25, 0.3) is 5.82 Å². The van der Waals surface area contributed by atoms with E-state index >= 15 is 0 Å². The Hall–Kier alpha value is -3.13.